The molecule has 0 saturated carbocycles. The van der Waals surface area contributed by atoms with E-state index >= 15 is 0 Å². The molecular weight excluding hydrogens is 396 g/mol. The normalized spacial score (nSPS) is 10.8. The highest BCUT2D eigenvalue weighted by molar-refractivity contribution is 6.05. The fraction of sp³-hybridized carbons (Fsp3) is 0.136. The number of amides is 2. The number of hydrogen-bond donors (Lipinski definition) is 3. The van der Waals surface area contributed by atoms with Gasteiger partial charge >= 0.3 is 0 Å². The Morgan fingerprint density at radius 3 is 2.55 bits per heavy atom. The average molecular weight is 416 g/mol. The molecule has 3 N–H and O–H groups in total. The average Bonchev–Trinajstić information content (AvgIpc) is 3.18. The Morgan fingerprint density at radius 2 is 1.84 bits per heavy atom. The van der Waals surface area contributed by atoms with Crippen molar-refractivity contribution in [2.75, 3.05) is 12.4 Å². The monoisotopic (exact) mass is 416 g/mol. The topological polar surface area (TPSA) is 122 Å². The lowest BCUT2D eigenvalue weighted by molar-refractivity contribution is 0.0955. The van der Waals surface area contributed by atoms with Crippen LogP contribution < -0.4 is 10.6 Å². The van der Waals surface area contributed by atoms with Gasteiger partial charge in [0.25, 0.3) is 11.8 Å². The number of nitrogens with one attached hydrogen (secondary N) is 2. The minimum absolute atomic E-state index is 0.117. The quantitative estimate of drug-likeness (QED) is 0.458. The molecule has 9 heteroatoms. The summed E-state index contributed by atoms with van der Waals surface area (Å²) < 4.78 is 1.64. The number of hydrogen-bond acceptors (Lipinski definition) is 6. The number of aromatic nitrogens is 4. The molecule has 4 aromatic rings. The van der Waals surface area contributed by atoms with Gasteiger partial charge in [-0.1, -0.05) is 12.1 Å². The molecule has 3 aromatic heterocycles. The Morgan fingerprint density at radius 1 is 1.00 bits per heavy atom. The smallest absolute Gasteiger partial charge is 0.269 e. The maximum atomic E-state index is 12.5. The highest BCUT2D eigenvalue weighted by Gasteiger charge is 2.12. The van der Waals surface area contributed by atoms with E-state index in [4.69, 9.17) is 0 Å². The molecule has 2 amide bonds. The highest BCUT2D eigenvalue weighted by atomic mass is 16.3. The van der Waals surface area contributed by atoms with E-state index in [0.29, 0.717) is 11.4 Å². The van der Waals surface area contributed by atoms with E-state index < -0.39 is 0 Å². The molecule has 0 aliphatic rings. The third-order valence-corrected chi connectivity index (χ3v) is 4.97. The van der Waals surface area contributed by atoms with Gasteiger partial charge in [-0.15, -0.1) is 0 Å². The first-order valence-corrected chi connectivity index (χ1v) is 9.51. The molecule has 0 atom stereocenters. The van der Waals surface area contributed by atoms with E-state index in [0.717, 1.165) is 27.6 Å². The highest BCUT2D eigenvalue weighted by Crippen LogP contribution is 2.28. The Kier molecular flexibility index (Phi) is 5.42. The summed E-state index contributed by atoms with van der Waals surface area (Å²) in [6, 6.07) is 10.6. The summed E-state index contributed by atoms with van der Waals surface area (Å²) in [5.74, 6) is -0.315. The third kappa shape index (κ3) is 3.99. The zero-order chi connectivity index (χ0) is 22.0. The molecule has 0 unspecified atom stereocenters. The van der Waals surface area contributed by atoms with Crippen molar-refractivity contribution in [3.05, 3.63) is 71.9 Å². The van der Waals surface area contributed by atoms with E-state index in [9.17, 15) is 14.7 Å². The first-order chi connectivity index (χ1) is 15.0. The van der Waals surface area contributed by atoms with Crippen molar-refractivity contribution in [2.24, 2.45) is 7.05 Å². The predicted octanol–water partition coefficient (Wildman–Crippen LogP) is 2.13. The summed E-state index contributed by atoms with van der Waals surface area (Å²) in [5.41, 5.74) is 3.01. The zero-order valence-corrected chi connectivity index (χ0v) is 17.0. The van der Waals surface area contributed by atoms with E-state index in [1.54, 1.807) is 30.2 Å². The first kappa shape index (κ1) is 20.2. The van der Waals surface area contributed by atoms with Crippen LogP contribution in [0.5, 0.6) is 0 Å². The number of carbonyl (C=O) groups excluding carboxylic acids is 2. The molecule has 0 aliphatic heterocycles. The second kappa shape index (κ2) is 8.33. The van der Waals surface area contributed by atoms with Crippen LogP contribution in [0, 0.1) is 0 Å². The second-order valence-corrected chi connectivity index (χ2v) is 6.88. The molecule has 0 bridgehead atoms. The van der Waals surface area contributed by atoms with Gasteiger partial charge in [-0.3, -0.25) is 19.3 Å². The van der Waals surface area contributed by atoms with Gasteiger partial charge in [-0.2, -0.15) is 5.10 Å². The van der Waals surface area contributed by atoms with Gasteiger partial charge < -0.3 is 15.7 Å². The number of aryl methyl sites for hydroxylation is 1. The lowest BCUT2D eigenvalue weighted by Crippen LogP contribution is -2.20. The SMILES string of the molecule is CNC(=O)c1ccc(C(=O)Nc2cc3cc(-c4cnn(C)c4CO)ccc3cn2)cn1. The van der Waals surface area contributed by atoms with Crippen LogP contribution in [0.15, 0.2) is 55.0 Å². The molecule has 0 radical (unpaired) electrons. The second-order valence-electron chi connectivity index (χ2n) is 6.88. The van der Waals surface area contributed by atoms with Crippen LogP contribution in [0.4, 0.5) is 5.82 Å². The maximum absolute atomic E-state index is 12.5. The van der Waals surface area contributed by atoms with Gasteiger partial charge in [-0.05, 0) is 35.2 Å². The number of benzene rings is 1. The minimum Gasteiger partial charge on any atom is -0.390 e. The minimum atomic E-state index is -0.381. The number of fused-ring (bicyclic) bond motifs is 1. The summed E-state index contributed by atoms with van der Waals surface area (Å²) in [6.07, 6.45) is 4.74. The first-order valence-electron chi connectivity index (χ1n) is 9.51. The predicted molar refractivity (Wildman–Crippen MR) is 115 cm³/mol. The van der Waals surface area contributed by atoms with Gasteiger partial charge in [-0.25, -0.2) is 4.98 Å². The van der Waals surface area contributed by atoms with Crippen LogP contribution in [0.25, 0.3) is 21.9 Å². The standard InChI is InChI=1S/C22H20N6O3/c1-23-22(31)18-6-5-15(10-24-18)21(30)27-20-8-16-7-13(3-4-14(16)9-25-20)17-11-26-28(2)19(17)12-29/h3-11,29H,12H2,1-2H3,(H,23,31)(H,25,27,30). The number of nitrogens with zero attached hydrogens (tertiary/aromatic N) is 4. The van der Waals surface area contributed by atoms with Crippen molar-refractivity contribution in [3.8, 4) is 11.1 Å². The fourth-order valence-corrected chi connectivity index (χ4v) is 3.25. The van der Waals surface area contributed by atoms with Crippen molar-refractivity contribution >= 4 is 28.4 Å². The molecule has 1 aromatic carbocycles. The summed E-state index contributed by atoms with van der Waals surface area (Å²) in [5, 5.41) is 20.9. The Hall–Kier alpha value is -4.11. The summed E-state index contributed by atoms with van der Waals surface area (Å²) in [4.78, 5) is 32.4. The van der Waals surface area contributed by atoms with Crippen LogP contribution in [0.2, 0.25) is 0 Å². The van der Waals surface area contributed by atoms with Crippen molar-refractivity contribution < 1.29 is 14.7 Å². The third-order valence-electron chi connectivity index (χ3n) is 4.97. The molecule has 0 saturated heterocycles. The van der Waals surface area contributed by atoms with Gasteiger partial charge in [0.1, 0.15) is 11.5 Å². The largest absolute Gasteiger partial charge is 0.390 e. The van der Waals surface area contributed by atoms with Crippen LogP contribution in [0.3, 0.4) is 0 Å². The van der Waals surface area contributed by atoms with Gasteiger partial charge in [0, 0.05) is 37.4 Å². The molecular formula is C22H20N6O3. The van der Waals surface area contributed by atoms with Crippen LogP contribution in [-0.4, -0.2) is 43.7 Å². The van der Waals surface area contributed by atoms with Crippen molar-refractivity contribution in [1.82, 2.24) is 25.1 Å². The van der Waals surface area contributed by atoms with Crippen LogP contribution in [-0.2, 0) is 13.7 Å². The van der Waals surface area contributed by atoms with Crippen LogP contribution in [0.1, 0.15) is 26.5 Å². The number of aliphatic hydroxyl groups excluding tert-OH is 1. The van der Waals surface area contributed by atoms with Gasteiger partial charge in [0.15, 0.2) is 0 Å². The molecule has 31 heavy (non-hydrogen) atoms. The van der Waals surface area contributed by atoms with E-state index in [1.165, 1.54) is 25.4 Å². The lowest BCUT2D eigenvalue weighted by Gasteiger charge is -2.08. The zero-order valence-electron chi connectivity index (χ0n) is 17.0. The number of aliphatic hydroxyl groups is 1. The Labute approximate surface area is 177 Å². The van der Waals surface area contributed by atoms with E-state index in [-0.39, 0.29) is 24.1 Å². The molecule has 0 aliphatic carbocycles. The van der Waals surface area contributed by atoms with E-state index in [2.05, 4.69) is 25.7 Å². The summed E-state index contributed by atoms with van der Waals surface area (Å²) in [7, 11) is 3.30. The Bertz CT molecular complexity index is 1280. The number of anilines is 1. The number of rotatable bonds is 5. The molecule has 9 nitrogen and oxygen atoms in total. The van der Waals surface area contributed by atoms with Crippen molar-refractivity contribution in [1.29, 1.82) is 0 Å². The fourth-order valence-electron chi connectivity index (χ4n) is 3.25. The molecule has 0 fully saturated rings. The van der Waals surface area contributed by atoms with E-state index in [1.807, 2.05) is 18.2 Å². The molecule has 3 heterocycles. The van der Waals surface area contributed by atoms with Crippen molar-refractivity contribution in [3.63, 3.8) is 0 Å². The molecule has 156 valence electrons. The number of carbonyl (C=O) groups is 2. The molecule has 4 rings (SSSR count). The number of pyridine rings is 2. The van der Waals surface area contributed by atoms with Gasteiger partial charge in [0.05, 0.1) is 24.1 Å². The summed E-state index contributed by atoms with van der Waals surface area (Å²) in [6.45, 7) is -0.117. The van der Waals surface area contributed by atoms with Crippen LogP contribution >= 0.6 is 0 Å². The Balaban J connectivity index is 1.59. The van der Waals surface area contributed by atoms with Crippen molar-refractivity contribution in [2.45, 2.75) is 6.61 Å². The molecule has 0 spiro atoms. The maximum Gasteiger partial charge on any atom is 0.269 e. The summed E-state index contributed by atoms with van der Waals surface area (Å²) >= 11 is 0. The van der Waals surface area contributed by atoms with Gasteiger partial charge in [0.2, 0.25) is 0 Å². The lowest BCUT2D eigenvalue weighted by atomic mass is 10.0.